The van der Waals surface area contributed by atoms with Gasteiger partial charge in [0.2, 0.25) is 0 Å². The average molecular weight is 527 g/mol. The average Bonchev–Trinajstić information content (AvgIpc) is 2.75. The van der Waals surface area contributed by atoms with E-state index in [-0.39, 0.29) is 7.43 Å². The Labute approximate surface area is 239 Å². The fraction of sp³-hybridized carbons (Fsp3) is 1.00. The summed E-state index contributed by atoms with van der Waals surface area (Å²) in [6.45, 7) is 30.5. The molecule has 0 aromatic carbocycles. The van der Waals surface area contributed by atoms with Gasteiger partial charge in [0.15, 0.2) is 0 Å². The lowest BCUT2D eigenvalue weighted by Crippen LogP contribution is -2.32. The summed E-state index contributed by atoms with van der Waals surface area (Å²) in [5.41, 5.74) is 0. The Balaban J connectivity index is -0.000000425. The van der Waals surface area contributed by atoms with Crippen LogP contribution in [0.1, 0.15) is 148 Å². The van der Waals surface area contributed by atoms with E-state index in [4.69, 9.17) is 0 Å². The molecule has 0 aromatic heterocycles. The van der Waals surface area contributed by atoms with Crippen molar-refractivity contribution in [3.63, 3.8) is 0 Å². The van der Waals surface area contributed by atoms with E-state index in [0.29, 0.717) is 0 Å². The Morgan fingerprint density at radius 3 is 1.46 bits per heavy atom. The van der Waals surface area contributed by atoms with Gasteiger partial charge in [-0.1, -0.05) is 103 Å². The van der Waals surface area contributed by atoms with Crippen LogP contribution in [0.15, 0.2) is 0 Å². The zero-order chi connectivity index (χ0) is 28.1. The summed E-state index contributed by atoms with van der Waals surface area (Å²) in [6, 6.07) is 0. The zero-order valence-electron chi connectivity index (χ0n) is 27.8. The summed E-state index contributed by atoms with van der Waals surface area (Å²) in [5.74, 6) is 6.48. The molecule has 2 unspecified atom stereocenters. The molecule has 2 aliphatic rings. The smallest absolute Gasteiger partial charge is 0.000671 e. The molecule has 0 aliphatic carbocycles. The van der Waals surface area contributed by atoms with Gasteiger partial charge in [0.1, 0.15) is 0 Å². The first-order chi connectivity index (χ1) is 16.8. The van der Waals surface area contributed by atoms with E-state index >= 15 is 0 Å². The van der Waals surface area contributed by atoms with Crippen molar-refractivity contribution in [2.24, 2.45) is 41.4 Å². The quantitative estimate of drug-likeness (QED) is 0.295. The number of hydrogen-bond donors (Lipinski definition) is 0. The number of nitrogens with zero attached hydrogens (tertiary/aromatic N) is 2. The van der Waals surface area contributed by atoms with Crippen LogP contribution in [0, 0.1) is 41.4 Å². The third-order valence-corrected chi connectivity index (χ3v) is 7.61. The van der Waals surface area contributed by atoms with Crippen LogP contribution in [0.4, 0.5) is 0 Å². The second-order valence-electron chi connectivity index (χ2n) is 14.1. The van der Waals surface area contributed by atoms with Crippen LogP contribution in [0.5, 0.6) is 0 Å². The Kier molecular flexibility index (Phi) is 29.3. The van der Waals surface area contributed by atoms with E-state index in [1.807, 2.05) is 0 Å². The van der Waals surface area contributed by atoms with Gasteiger partial charge in [-0.3, -0.25) is 0 Å². The summed E-state index contributed by atoms with van der Waals surface area (Å²) >= 11 is 0. The molecule has 0 amide bonds. The van der Waals surface area contributed by atoms with E-state index in [2.05, 4.69) is 100 Å². The van der Waals surface area contributed by atoms with Crippen LogP contribution in [0.3, 0.4) is 0 Å². The van der Waals surface area contributed by atoms with Crippen LogP contribution >= 0.6 is 0 Å². The van der Waals surface area contributed by atoms with Gasteiger partial charge in [-0.15, -0.1) is 0 Å². The van der Waals surface area contributed by atoms with Crippen molar-refractivity contribution >= 4 is 0 Å². The van der Waals surface area contributed by atoms with E-state index in [0.717, 1.165) is 41.4 Å². The highest BCUT2D eigenvalue weighted by molar-refractivity contribution is 4.72. The first kappa shape index (κ1) is 41.4. The SMILES string of the molecule is C.CC(C)CC1CCCN(C)C1.CC(C)CC1CCN(C)CC1.CCC(C)CC(C)C.CCCC(C)C. The predicted octanol–water partition coefficient (Wildman–Crippen LogP) is 10.9. The number of likely N-dealkylation sites (tertiary alicyclic amines) is 2. The van der Waals surface area contributed by atoms with E-state index in [9.17, 15) is 0 Å². The van der Waals surface area contributed by atoms with Gasteiger partial charge >= 0.3 is 0 Å². The maximum atomic E-state index is 2.47. The van der Waals surface area contributed by atoms with E-state index in [1.54, 1.807) is 0 Å². The van der Waals surface area contributed by atoms with Crippen molar-refractivity contribution in [1.82, 2.24) is 9.80 Å². The van der Waals surface area contributed by atoms with Crippen molar-refractivity contribution in [3.05, 3.63) is 0 Å². The summed E-state index contributed by atoms with van der Waals surface area (Å²) < 4.78 is 0. The largest absolute Gasteiger partial charge is 0.306 e. The minimum atomic E-state index is 0. The fourth-order valence-electron chi connectivity index (χ4n) is 5.65. The molecular weight excluding hydrogens is 448 g/mol. The van der Waals surface area contributed by atoms with Crippen LogP contribution in [-0.4, -0.2) is 50.1 Å². The Morgan fingerprint density at radius 2 is 1.14 bits per heavy atom. The second kappa shape index (κ2) is 26.2. The normalized spacial score (nSPS) is 19.9. The van der Waals surface area contributed by atoms with Crippen molar-refractivity contribution in [2.45, 2.75) is 148 Å². The van der Waals surface area contributed by atoms with Crippen LogP contribution < -0.4 is 0 Å². The third kappa shape index (κ3) is 30.3. The molecule has 2 aliphatic heterocycles. The van der Waals surface area contributed by atoms with Crippen molar-refractivity contribution < 1.29 is 0 Å². The maximum absolute atomic E-state index is 2.47. The summed E-state index contributed by atoms with van der Waals surface area (Å²) in [4.78, 5) is 4.91. The highest BCUT2D eigenvalue weighted by Gasteiger charge is 2.18. The molecule has 0 aromatic rings. The fourth-order valence-corrected chi connectivity index (χ4v) is 5.65. The molecule has 0 spiro atoms. The summed E-state index contributed by atoms with van der Waals surface area (Å²) in [7, 11) is 4.47. The van der Waals surface area contributed by atoms with Gasteiger partial charge in [0, 0.05) is 6.54 Å². The number of rotatable bonds is 9. The van der Waals surface area contributed by atoms with Crippen molar-refractivity contribution in [3.8, 4) is 0 Å². The molecule has 2 heterocycles. The Bertz CT molecular complexity index is 433. The zero-order valence-corrected chi connectivity index (χ0v) is 27.8. The van der Waals surface area contributed by atoms with Gasteiger partial charge in [-0.2, -0.15) is 0 Å². The van der Waals surface area contributed by atoms with Gasteiger partial charge in [-0.05, 0) is 120 Å². The highest BCUT2D eigenvalue weighted by atomic mass is 15.1. The number of hydrogen-bond acceptors (Lipinski definition) is 2. The second-order valence-corrected chi connectivity index (χ2v) is 14.1. The van der Waals surface area contributed by atoms with Crippen molar-refractivity contribution in [2.75, 3.05) is 40.3 Å². The van der Waals surface area contributed by atoms with Crippen molar-refractivity contribution in [1.29, 1.82) is 0 Å². The molecule has 37 heavy (non-hydrogen) atoms. The minimum Gasteiger partial charge on any atom is -0.306 e. The summed E-state index contributed by atoms with van der Waals surface area (Å²) in [6.07, 6.45) is 14.0. The first-order valence-corrected chi connectivity index (χ1v) is 16.2. The first-order valence-electron chi connectivity index (χ1n) is 16.2. The lowest BCUT2D eigenvalue weighted by Gasteiger charge is -2.30. The molecule has 0 N–H and O–H groups in total. The molecule has 2 fully saturated rings. The molecular formula is C35H78N2. The minimum absolute atomic E-state index is 0. The molecule has 0 saturated carbocycles. The third-order valence-electron chi connectivity index (χ3n) is 7.61. The molecule has 228 valence electrons. The molecule has 2 rings (SSSR count). The summed E-state index contributed by atoms with van der Waals surface area (Å²) in [5, 5.41) is 0. The van der Waals surface area contributed by atoms with Gasteiger partial charge in [0.25, 0.3) is 0 Å². The van der Waals surface area contributed by atoms with Gasteiger partial charge in [-0.25, -0.2) is 0 Å². The maximum Gasteiger partial charge on any atom is 0.000671 e. The van der Waals surface area contributed by atoms with E-state index in [1.165, 1.54) is 90.4 Å². The van der Waals surface area contributed by atoms with Crippen LogP contribution in [-0.2, 0) is 0 Å². The van der Waals surface area contributed by atoms with Gasteiger partial charge < -0.3 is 9.80 Å². The predicted molar refractivity (Wildman–Crippen MR) is 175 cm³/mol. The van der Waals surface area contributed by atoms with Crippen LogP contribution in [0.25, 0.3) is 0 Å². The lowest BCUT2D eigenvalue weighted by atomic mass is 9.89. The molecule has 0 radical (unpaired) electrons. The standard InChI is InChI=1S/2C10H21N.C8H18.C6H14.CH4/c1-9(2)8-10-4-6-11(3)7-5-10;1-9(2)7-10-5-4-6-11(3)8-10;1-5-8(4)6-7(2)3;1-4-5-6(2)3;/h2*9-10H,4-8H2,1-3H3;7-8H,5-6H2,1-4H3;6H,4-5H2,1-3H3;1H4. The van der Waals surface area contributed by atoms with Crippen LogP contribution in [0.2, 0.25) is 0 Å². The Morgan fingerprint density at radius 1 is 0.622 bits per heavy atom. The van der Waals surface area contributed by atoms with Gasteiger partial charge in [0.05, 0.1) is 0 Å². The Hall–Kier alpha value is -0.0800. The lowest BCUT2D eigenvalue weighted by molar-refractivity contribution is 0.190. The molecule has 2 atom stereocenters. The van der Waals surface area contributed by atoms with E-state index < -0.39 is 0 Å². The molecule has 2 nitrogen and oxygen atoms in total. The topological polar surface area (TPSA) is 6.48 Å². The molecule has 2 heteroatoms. The number of piperidine rings is 2. The molecule has 2 saturated heterocycles. The highest BCUT2D eigenvalue weighted by Crippen LogP contribution is 2.23. The monoisotopic (exact) mass is 527 g/mol. The molecule has 0 bridgehead atoms.